The Balaban J connectivity index is 2.51. The molecule has 92 valence electrons. The number of carboxylic acids is 1. The molecular formula is C13H11NO4. The van der Waals surface area contributed by atoms with Gasteiger partial charge in [-0.1, -0.05) is 18.2 Å². The Morgan fingerprint density at radius 3 is 2.56 bits per heavy atom. The Hall–Kier alpha value is -2.56. The molecule has 1 aromatic heterocycles. The number of hydrogen-bond acceptors (Lipinski definition) is 3. The molecule has 18 heavy (non-hydrogen) atoms. The predicted octanol–water partition coefficient (Wildman–Crippen LogP) is 1.31. The summed E-state index contributed by atoms with van der Waals surface area (Å²) in [6.07, 6.45) is 1.42. The van der Waals surface area contributed by atoms with Crippen molar-refractivity contribution in [1.82, 2.24) is 4.57 Å². The quantitative estimate of drug-likeness (QED) is 0.854. The van der Waals surface area contributed by atoms with Crippen LogP contribution in [0.2, 0.25) is 0 Å². The SMILES string of the molecule is O=C(O)Cn1cc(-c2ccccc2O)ccc1=O. The number of aliphatic carboxylic acids is 1. The van der Waals surface area contributed by atoms with Crippen LogP contribution in [0.5, 0.6) is 5.75 Å². The van der Waals surface area contributed by atoms with E-state index in [0.717, 1.165) is 4.57 Å². The van der Waals surface area contributed by atoms with Gasteiger partial charge in [-0.25, -0.2) is 0 Å². The topological polar surface area (TPSA) is 79.5 Å². The summed E-state index contributed by atoms with van der Waals surface area (Å²) in [4.78, 5) is 22.1. The Morgan fingerprint density at radius 2 is 1.89 bits per heavy atom. The molecule has 2 rings (SSSR count). The molecule has 5 heteroatoms. The zero-order chi connectivity index (χ0) is 13.1. The normalized spacial score (nSPS) is 10.2. The Labute approximate surface area is 103 Å². The highest BCUT2D eigenvalue weighted by molar-refractivity contribution is 5.70. The summed E-state index contributed by atoms with van der Waals surface area (Å²) in [5.74, 6) is -1.01. The highest BCUT2D eigenvalue weighted by atomic mass is 16.4. The molecule has 0 bridgehead atoms. The maximum Gasteiger partial charge on any atom is 0.323 e. The van der Waals surface area contributed by atoms with Crippen LogP contribution in [0.25, 0.3) is 11.1 Å². The first kappa shape index (κ1) is 11.9. The third-order valence-corrected chi connectivity index (χ3v) is 2.50. The molecule has 0 amide bonds. The molecule has 2 N–H and O–H groups in total. The first-order valence-electron chi connectivity index (χ1n) is 5.28. The summed E-state index contributed by atoms with van der Waals surface area (Å²) in [6.45, 7) is -0.403. The second-order valence-corrected chi connectivity index (χ2v) is 3.79. The fourth-order valence-electron chi connectivity index (χ4n) is 1.68. The lowest BCUT2D eigenvalue weighted by Gasteiger charge is -2.07. The van der Waals surface area contributed by atoms with Crippen LogP contribution in [-0.4, -0.2) is 20.7 Å². The van der Waals surface area contributed by atoms with Gasteiger partial charge < -0.3 is 14.8 Å². The van der Waals surface area contributed by atoms with Crippen molar-refractivity contribution >= 4 is 5.97 Å². The lowest BCUT2D eigenvalue weighted by Crippen LogP contribution is -2.22. The summed E-state index contributed by atoms with van der Waals surface area (Å²) in [6, 6.07) is 9.50. The Kier molecular flexibility index (Phi) is 3.14. The van der Waals surface area contributed by atoms with Crippen LogP contribution < -0.4 is 5.56 Å². The summed E-state index contributed by atoms with van der Waals surface area (Å²) in [7, 11) is 0. The molecule has 0 saturated carbocycles. The van der Waals surface area contributed by atoms with Crippen molar-refractivity contribution < 1.29 is 15.0 Å². The number of carboxylic acid groups (broad SMARTS) is 1. The molecule has 1 heterocycles. The van der Waals surface area contributed by atoms with Crippen LogP contribution in [0.15, 0.2) is 47.4 Å². The van der Waals surface area contributed by atoms with Gasteiger partial charge in [0.15, 0.2) is 0 Å². The number of phenols is 1. The molecule has 2 aromatic rings. The maximum atomic E-state index is 11.5. The minimum Gasteiger partial charge on any atom is -0.507 e. The van der Waals surface area contributed by atoms with E-state index in [4.69, 9.17) is 5.11 Å². The van der Waals surface area contributed by atoms with Crippen LogP contribution >= 0.6 is 0 Å². The van der Waals surface area contributed by atoms with Crippen LogP contribution in [-0.2, 0) is 11.3 Å². The minimum atomic E-state index is -1.09. The van der Waals surface area contributed by atoms with E-state index in [-0.39, 0.29) is 5.75 Å². The third-order valence-electron chi connectivity index (χ3n) is 2.50. The molecule has 1 aromatic carbocycles. The number of rotatable bonds is 3. The first-order valence-corrected chi connectivity index (χ1v) is 5.28. The second-order valence-electron chi connectivity index (χ2n) is 3.79. The highest BCUT2D eigenvalue weighted by Crippen LogP contribution is 2.27. The summed E-state index contributed by atoms with van der Waals surface area (Å²) >= 11 is 0. The van der Waals surface area contributed by atoms with Crippen LogP contribution in [0.1, 0.15) is 0 Å². The number of nitrogens with zero attached hydrogens (tertiary/aromatic N) is 1. The molecule has 0 aliphatic rings. The van der Waals surface area contributed by atoms with E-state index in [1.807, 2.05) is 0 Å². The zero-order valence-corrected chi connectivity index (χ0v) is 9.41. The van der Waals surface area contributed by atoms with Crippen molar-refractivity contribution in [2.75, 3.05) is 0 Å². The van der Waals surface area contributed by atoms with Crippen LogP contribution in [0, 0.1) is 0 Å². The van der Waals surface area contributed by atoms with E-state index in [1.165, 1.54) is 18.3 Å². The van der Waals surface area contributed by atoms with Crippen molar-refractivity contribution in [2.45, 2.75) is 6.54 Å². The lowest BCUT2D eigenvalue weighted by molar-refractivity contribution is -0.137. The summed E-state index contributed by atoms with van der Waals surface area (Å²) < 4.78 is 1.09. The molecule has 0 saturated heterocycles. The molecular weight excluding hydrogens is 234 g/mol. The smallest absolute Gasteiger partial charge is 0.323 e. The zero-order valence-electron chi connectivity index (χ0n) is 9.41. The fourth-order valence-corrected chi connectivity index (χ4v) is 1.68. The van der Waals surface area contributed by atoms with Crippen molar-refractivity contribution in [3.8, 4) is 16.9 Å². The molecule has 0 atom stereocenters. The number of aromatic nitrogens is 1. The average molecular weight is 245 g/mol. The molecule has 0 spiro atoms. The van der Waals surface area contributed by atoms with Gasteiger partial charge in [-0.3, -0.25) is 9.59 Å². The Morgan fingerprint density at radius 1 is 1.17 bits per heavy atom. The number of phenolic OH excluding ortho intramolecular Hbond substituents is 1. The van der Waals surface area contributed by atoms with E-state index in [0.29, 0.717) is 11.1 Å². The maximum absolute atomic E-state index is 11.5. The van der Waals surface area contributed by atoms with Gasteiger partial charge in [0.05, 0.1) is 0 Å². The van der Waals surface area contributed by atoms with Crippen LogP contribution in [0.4, 0.5) is 0 Å². The summed E-state index contributed by atoms with van der Waals surface area (Å²) in [5, 5.41) is 18.4. The fraction of sp³-hybridized carbons (Fsp3) is 0.0769. The van der Waals surface area contributed by atoms with Gasteiger partial charge in [-0.15, -0.1) is 0 Å². The van der Waals surface area contributed by atoms with Gasteiger partial charge in [0.1, 0.15) is 12.3 Å². The second kappa shape index (κ2) is 4.75. The predicted molar refractivity (Wildman–Crippen MR) is 65.4 cm³/mol. The van der Waals surface area contributed by atoms with Crippen molar-refractivity contribution in [1.29, 1.82) is 0 Å². The van der Waals surface area contributed by atoms with Crippen molar-refractivity contribution in [3.05, 3.63) is 52.9 Å². The molecule has 0 fully saturated rings. The number of aromatic hydroxyl groups is 1. The highest BCUT2D eigenvalue weighted by Gasteiger charge is 2.07. The largest absolute Gasteiger partial charge is 0.507 e. The molecule has 0 aliphatic heterocycles. The summed E-state index contributed by atoms with van der Waals surface area (Å²) in [5.41, 5.74) is 0.752. The Bertz CT molecular complexity index is 645. The average Bonchev–Trinajstić information content (AvgIpc) is 2.32. The van der Waals surface area contributed by atoms with Crippen molar-refractivity contribution in [2.24, 2.45) is 0 Å². The third kappa shape index (κ3) is 2.40. The molecule has 0 unspecified atom stereocenters. The van der Waals surface area contributed by atoms with E-state index in [1.54, 1.807) is 24.3 Å². The van der Waals surface area contributed by atoms with Crippen LogP contribution in [0.3, 0.4) is 0 Å². The van der Waals surface area contributed by atoms with Gasteiger partial charge >= 0.3 is 5.97 Å². The van der Waals surface area contributed by atoms with Gasteiger partial charge in [-0.05, 0) is 12.1 Å². The van der Waals surface area contributed by atoms with Gasteiger partial charge in [0, 0.05) is 23.4 Å². The van der Waals surface area contributed by atoms with E-state index < -0.39 is 18.1 Å². The molecule has 0 radical (unpaired) electrons. The van der Waals surface area contributed by atoms with Crippen molar-refractivity contribution in [3.63, 3.8) is 0 Å². The van der Waals surface area contributed by atoms with Gasteiger partial charge in [0.2, 0.25) is 0 Å². The van der Waals surface area contributed by atoms with E-state index in [9.17, 15) is 14.7 Å². The first-order chi connectivity index (χ1) is 8.58. The number of hydrogen-bond donors (Lipinski definition) is 2. The molecule has 0 aliphatic carbocycles. The van der Waals surface area contributed by atoms with Gasteiger partial charge in [-0.2, -0.15) is 0 Å². The number of para-hydroxylation sites is 1. The number of pyridine rings is 1. The standard InChI is InChI=1S/C13H11NO4/c15-11-4-2-1-3-10(11)9-5-6-12(16)14(7-9)8-13(17)18/h1-7,15H,8H2,(H,17,18). The van der Waals surface area contributed by atoms with E-state index >= 15 is 0 Å². The number of benzene rings is 1. The molecule has 5 nitrogen and oxygen atoms in total. The monoisotopic (exact) mass is 245 g/mol. The minimum absolute atomic E-state index is 0.0815. The van der Waals surface area contributed by atoms with Gasteiger partial charge in [0.25, 0.3) is 5.56 Å². The lowest BCUT2D eigenvalue weighted by atomic mass is 10.1. The number of carbonyl (C=O) groups is 1. The van der Waals surface area contributed by atoms with E-state index in [2.05, 4.69) is 0 Å².